The first-order valence-corrected chi connectivity index (χ1v) is 6.94. The van der Waals surface area contributed by atoms with E-state index in [0.717, 1.165) is 5.57 Å². The van der Waals surface area contributed by atoms with Gasteiger partial charge < -0.3 is 4.90 Å². The van der Waals surface area contributed by atoms with Gasteiger partial charge in [-0.2, -0.15) is 0 Å². The highest BCUT2D eigenvalue weighted by Crippen LogP contribution is 2.44. The van der Waals surface area contributed by atoms with Gasteiger partial charge in [0.15, 0.2) is 0 Å². The van der Waals surface area contributed by atoms with Crippen molar-refractivity contribution >= 4 is 6.21 Å². The monoisotopic (exact) mass is 264 g/mol. The molecule has 0 N–H and O–H groups in total. The molecule has 0 bridgehead atoms. The summed E-state index contributed by atoms with van der Waals surface area (Å²) >= 11 is 0. The quantitative estimate of drug-likeness (QED) is 0.698. The van der Waals surface area contributed by atoms with Gasteiger partial charge >= 0.3 is 0 Å². The zero-order valence-electron chi connectivity index (χ0n) is 12.7. The molecule has 1 saturated carbocycles. The molecule has 0 amide bonds. The van der Waals surface area contributed by atoms with E-state index in [9.17, 15) is 4.39 Å². The summed E-state index contributed by atoms with van der Waals surface area (Å²) in [7, 11) is 0. The van der Waals surface area contributed by atoms with Crippen molar-refractivity contribution in [3.05, 3.63) is 35.9 Å². The van der Waals surface area contributed by atoms with E-state index in [2.05, 4.69) is 18.5 Å². The van der Waals surface area contributed by atoms with Gasteiger partial charge in [0.05, 0.1) is 0 Å². The van der Waals surface area contributed by atoms with Crippen LogP contribution >= 0.6 is 0 Å². The molecule has 3 heteroatoms. The lowest BCUT2D eigenvalue weighted by atomic mass is 9.70. The van der Waals surface area contributed by atoms with E-state index in [4.69, 9.17) is 0 Å². The van der Waals surface area contributed by atoms with E-state index in [0.29, 0.717) is 24.6 Å². The van der Waals surface area contributed by atoms with Gasteiger partial charge in [-0.05, 0) is 45.1 Å². The summed E-state index contributed by atoms with van der Waals surface area (Å²) in [5.41, 5.74) is 1.32. The fraction of sp³-hybridized carbons (Fsp3) is 0.562. The molecule has 0 spiro atoms. The summed E-state index contributed by atoms with van der Waals surface area (Å²) in [6.07, 6.45) is 7.06. The number of hydrogen-bond donors (Lipinski definition) is 0. The van der Waals surface area contributed by atoms with Crippen molar-refractivity contribution in [2.45, 2.75) is 53.1 Å². The first-order chi connectivity index (χ1) is 8.87. The van der Waals surface area contributed by atoms with Crippen LogP contribution in [0.25, 0.3) is 0 Å². The molecule has 1 aliphatic heterocycles. The van der Waals surface area contributed by atoms with Gasteiger partial charge in [0.25, 0.3) is 0 Å². The molecule has 0 aromatic rings. The third kappa shape index (κ3) is 4.05. The first kappa shape index (κ1) is 15.7. The highest BCUT2D eigenvalue weighted by Gasteiger charge is 2.41. The van der Waals surface area contributed by atoms with Gasteiger partial charge in [0.2, 0.25) is 0 Å². The Morgan fingerprint density at radius 3 is 2.63 bits per heavy atom. The lowest BCUT2D eigenvalue weighted by Gasteiger charge is -2.39. The van der Waals surface area contributed by atoms with Crippen LogP contribution in [0.4, 0.5) is 4.39 Å². The van der Waals surface area contributed by atoms with Gasteiger partial charge in [0.1, 0.15) is 11.5 Å². The van der Waals surface area contributed by atoms with Gasteiger partial charge in [-0.25, -0.2) is 9.38 Å². The standard InChI is InChI=1S/C14H19FN2.C2H6/c1-10-7-16-12(3)17(8-10)9-11(2)13-5-14(4,15)6-13;1-2/h7-9,13H,3,5-6H2,1-2,4H3;1-2H3/b11-9+;. The molecule has 1 aliphatic carbocycles. The molecule has 0 aromatic carbocycles. The third-order valence-electron chi connectivity index (χ3n) is 3.39. The van der Waals surface area contributed by atoms with Crippen molar-refractivity contribution in [1.29, 1.82) is 0 Å². The van der Waals surface area contributed by atoms with E-state index in [-0.39, 0.29) is 0 Å². The molecule has 2 aliphatic rings. The van der Waals surface area contributed by atoms with E-state index in [1.807, 2.05) is 38.1 Å². The maximum absolute atomic E-state index is 13.4. The Morgan fingerprint density at radius 2 is 2.11 bits per heavy atom. The predicted molar refractivity (Wildman–Crippen MR) is 80.6 cm³/mol. The SMILES string of the molecule is C=C1N=CC(C)=CN1/C=C(\C)C1CC(C)(F)C1.CC. The number of rotatable bonds is 2. The second-order valence-electron chi connectivity index (χ2n) is 5.35. The van der Waals surface area contributed by atoms with Crippen LogP contribution in [0.2, 0.25) is 0 Å². The molecular formula is C16H25FN2. The summed E-state index contributed by atoms with van der Waals surface area (Å²) < 4.78 is 13.4. The number of aliphatic imine (C=N–C) groups is 1. The maximum atomic E-state index is 13.4. The van der Waals surface area contributed by atoms with E-state index in [1.165, 1.54) is 5.57 Å². The lowest BCUT2D eigenvalue weighted by Crippen LogP contribution is -2.37. The minimum atomic E-state index is -0.970. The molecule has 2 rings (SSSR count). The summed E-state index contributed by atoms with van der Waals surface area (Å²) in [6, 6.07) is 0. The second-order valence-corrected chi connectivity index (χ2v) is 5.35. The minimum absolute atomic E-state index is 0.359. The smallest absolute Gasteiger partial charge is 0.129 e. The van der Waals surface area contributed by atoms with Crippen LogP contribution in [-0.4, -0.2) is 16.8 Å². The van der Waals surface area contributed by atoms with Gasteiger partial charge in [-0.3, -0.25) is 0 Å². The Labute approximate surface area is 116 Å². The van der Waals surface area contributed by atoms with Crippen LogP contribution in [0.15, 0.2) is 40.9 Å². The third-order valence-corrected chi connectivity index (χ3v) is 3.39. The largest absolute Gasteiger partial charge is 0.309 e. The summed E-state index contributed by atoms with van der Waals surface area (Å²) in [4.78, 5) is 6.11. The van der Waals surface area contributed by atoms with Gasteiger partial charge in [0, 0.05) is 18.6 Å². The number of allylic oxidation sites excluding steroid dienone is 2. The van der Waals surface area contributed by atoms with Crippen molar-refractivity contribution < 1.29 is 4.39 Å². The zero-order chi connectivity index (χ0) is 14.6. The predicted octanol–water partition coefficient (Wildman–Crippen LogP) is 4.82. The van der Waals surface area contributed by atoms with Crippen LogP contribution in [0.3, 0.4) is 0 Å². The highest BCUT2D eigenvalue weighted by atomic mass is 19.1. The van der Waals surface area contributed by atoms with Crippen molar-refractivity contribution in [3.8, 4) is 0 Å². The molecule has 0 unspecified atom stereocenters. The molecule has 1 heterocycles. The van der Waals surface area contributed by atoms with Crippen LogP contribution in [-0.2, 0) is 0 Å². The van der Waals surface area contributed by atoms with Crippen LogP contribution in [0.5, 0.6) is 0 Å². The Hall–Kier alpha value is -1.38. The van der Waals surface area contributed by atoms with Crippen molar-refractivity contribution in [2.24, 2.45) is 10.9 Å². The van der Waals surface area contributed by atoms with Crippen molar-refractivity contribution in [1.82, 2.24) is 4.90 Å². The molecular weight excluding hydrogens is 239 g/mol. The Morgan fingerprint density at radius 1 is 1.53 bits per heavy atom. The number of hydrogen-bond acceptors (Lipinski definition) is 2. The van der Waals surface area contributed by atoms with Crippen LogP contribution in [0.1, 0.15) is 47.5 Å². The second kappa shape index (κ2) is 6.18. The molecule has 0 atom stereocenters. The minimum Gasteiger partial charge on any atom is -0.309 e. The highest BCUT2D eigenvalue weighted by molar-refractivity contribution is 5.79. The average molecular weight is 264 g/mol. The van der Waals surface area contributed by atoms with Crippen molar-refractivity contribution in [2.75, 3.05) is 0 Å². The molecule has 2 nitrogen and oxygen atoms in total. The van der Waals surface area contributed by atoms with Gasteiger partial charge in [-0.15, -0.1) is 0 Å². The Balaban J connectivity index is 0.000000861. The maximum Gasteiger partial charge on any atom is 0.129 e. The summed E-state index contributed by atoms with van der Waals surface area (Å²) in [5, 5.41) is 0. The van der Waals surface area contributed by atoms with Crippen molar-refractivity contribution in [3.63, 3.8) is 0 Å². The van der Waals surface area contributed by atoms with Gasteiger partial charge in [-0.1, -0.05) is 26.0 Å². The van der Waals surface area contributed by atoms with E-state index in [1.54, 1.807) is 13.1 Å². The molecule has 106 valence electrons. The fourth-order valence-corrected chi connectivity index (χ4v) is 2.30. The van der Waals surface area contributed by atoms with Crippen LogP contribution < -0.4 is 0 Å². The number of nitrogens with zero attached hydrogens (tertiary/aromatic N) is 2. The number of alkyl halides is 1. The number of halogens is 1. The summed E-state index contributed by atoms with van der Waals surface area (Å²) in [6.45, 7) is 13.6. The Kier molecular flexibility index (Phi) is 5.10. The molecule has 19 heavy (non-hydrogen) atoms. The first-order valence-electron chi connectivity index (χ1n) is 6.94. The topological polar surface area (TPSA) is 15.6 Å². The lowest BCUT2D eigenvalue weighted by molar-refractivity contribution is 0.0421. The molecule has 0 saturated heterocycles. The fourth-order valence-electron chi connectivity index (χ4n) is 2.30. The average Bonchev–Trinajstić information content (AvgIpc) is 2.33. The zero-order valence-corrected chi connectivity index (χ0v) is 12.7. The molecule has 0 radical (unpaired) electrons. The van der Waals surface area contributed by atoms with Crippen LogP contribution in [0, 0.1) is 5.92 Å². The molecule has 1 fully saturated rings. The normalized spacial score (nSPS) is 30.3. The van der Waals surface area contributed by atoms with E-state index >= 15 is 0 Å². The van der Waals surface area contributed by atoms with E-state index < -0.39 is 5.67 Å². The Bertz CT molecular complexity index is 422. The summed E-state index contributed by atoms with van der Waals surface area (Å²) in [5.74, 6) is 1.06. The molecule has 0 aromatic heterocycles.